The van der Waals surface area contributed by atoms with E-state index in [2.05, 4.69) is 11.3 Å². The van der Waals surface area contributed by atoms with Crippen LogP contribution in [0.3, 0.4) is 0 Å². The van der Waals surface area contributed by atoms with Gasteiger partial charge in [-0.05, 0) is 12.8 Å². The molecule has 0 unspecified atom stereocenters. The van der Waals surface area contributed by atoms with Crippen molar-refractivity contribution in [2.45, 2.75) is 25.1 Å². The van der Waals surface area contributed by atoms with Gasteiger partial charge in [-0.2, -0.15) is 13.2 Å². The molecule has 1 rings (SSSR count). The SMILES string of the molecule is C=CCOC(=O)N1CC[C@H](C(F)(F)F)C[C@H]1C(=O)O. The maximum Gasteiger partial charge on any atom is 0.410 e. The number of carbonyl (C=O) groups excluding carboxylic acids is 1. The van der Waals surface area contributed by atoms with Gasteiger partial charge in [-0.15, -0.1) is 0 Å². The maximum absolute atomic E-state index is 12.6. The van der Waals surface area contributed by atoms with Crippen molar-refractivity contribution >= 4 is 12.1 Å². The second-order valence-electron chi connectivity index (χ2n) is 4.18. The predicted molar refractivity (Wildman–Crippen MR) is 58.5 cm³/mol. The molecular formula is C11H14F3NO4. The highest BCUT2D eigenvalue weighted by Crippen LogP contribution is 2.36. The molecule has 8 heteroatoms. The number of carboxylic acids is 1. The van der Waals surface area contributed by atoms with Crippen molar-refractivity contribution in [2.24, 2.45) is 5.92 Å². The third-order valence-electron chi connectivity index (χ3n) is 2.91. The maximum atomic E-state index is 12.6. The Morgan fingerprint density at radius 3 is 2.58 bits per heavy atom. The van der Waals surface area contributed by atoms with Crippen molar-refractivity contribution in [3.8, 4) is 0 Å². The number of halogens is 3. The molecule has 1 heterocycles. The van der Waals surface area contributed by atoms with Crippen LogP contribution in [-0.2, 0) is 9.53 Å². The van der Waals surface area contributed by atoms with Gasteiger partial charge in [-0.1, -0.05) is 12.7 Å². The van der Waals surface area contributed by atoms with Gasteiger partial charge in [0.25, 0.3) is 0 Å². The number of carbonyl (C=O) groups is 2. The molecule has 1 fully saturated rings. The first-order valence-electron chi connectivity index (χ1n) is 5.61. The van der Waals surface area contributed by atoms with Crippen LogP contribution in [-0.4, -0.2) is 47.4 Å². The van der Waals surface area contributed by atoms with E-state index in [0.717, 1.165) is 4.90 Å². The molecule has 1 amide bonds. The lowest BCUT2D eigenvalue weighted by Gasteiger charge is -2.36. The second-order valence-corrected chi connectivity index (χ2v) is 4.18. The first kappa shape index (κ1) is 15.3. The molecule has 0 saturated carbocycles. The van der Waals surface area contributed by atoms with Crippen LogP contribution in [0.5, 0.6) is 0 Å². The number of piperidine rings is 1. The lowest BCUT2D eigenvalue weighted by atomic mass is 9.90. The number of alkyl halides is 3. The van der Waals surface area contributed by atoms with Gasteiger partial charge in [-0.3, -0.25) is 4.90 Å². The summed E-state index contributed by atoms with van der Waals surface area (Å²) in [7, 11) is 0. The quantitative estimate of drug-likeness (QED) is 0.804. The summed E-state index contributed by atoms with van der Waals surface area (Å²) < 4.78 is 42.4. The minimum absolute atomic E-state index is 0.121. The number of hydrogen-bond donors (Lipinski definition) is 1. The average molecular weight is 281 g/mol. The predicted octanol–water partition coefficient (Wildman–Crippen LogP) is 2.04. The van der Waals surface area contributed by atoms with Gasteiger partial charge in [0.05, 0.1) is 5.92 Å². The van der Waals surface area contributed by atoms with E-state index in [1.165, 1.54) is 6.08 Å². The van der Waals surface area contributed by atoms with E-state index >= 15 is 0 Å². The molecule has 0 aromatic heterocycles. The van der Waals surface area contributed by atoms with E-state index in [9.17, 15) is 22.8 Å². The van der Waals surface area contributed by atoms with Crippen LogP contribution in [0, 0.1) is 5.92 Å². The van der Waals surface area contributed by atoms with E-state index in [4.69, 9.17) is 5.11 Å². The molecule has 19 heavy (non-hydrogen) atoms. The normalized spacial score (nSPS) is 23.8. The summed E-state index contributed by atoms with van der Waals surface area (Å²) in [5.74, 6) is -3.18. The summed E-state index contributed by atoms with van der Waals surface area (Å²) in [6.07, 6.45) is -5.08. The van der Waals surface area contributed by atoms with Crippen molar-refractivity contribution in [2.75, 3.05) is 13.2 Å². The minimum atomic E-state index is -4.45. The van der Waals surface area contributed by atoms with Crippen LogP contribution in [0.15, 0.2) is 12.7 Å². The Morgan fingerprint density at radius 1 is 1.47 bits per heavy atom. The van der Waals surface area contributed by atoms with Gasteiger partial charge in [-0.25, -0.2) is 9.59 Å². The highest BCUT2D eigenvalue weighted by Gasteiger charge is 2.47. The van der Waals surface area contributed by atoms with Gasteiger partial charge in [0.15, 0.2) is 0 Å². The molecular weight excluding hydrogens is 267 g/mol. The van der Waals surface area contributed by atoms with Crippen LogP contribution < -0.4 is 0 Å². The Kier molecular flexibility index (Phi) is 4.79. The zero-order valence-corrected chi connectivity index (χ0v) is 10.0. The Hall–Kier alpha value is -1.73. The summed E-state index contributed by atoms with van der Waals surface area (Å²) in [5, 5.41) is 8.93. The van der Waals surface area contributed by atoms with Gasteiger partial charge in [0.2, 0.25) is 0 Å². The molecule has 2 atom stereocenters. The van der Waals surface area contributed by atoms with E-state index in [0.29, 0.717) is 0 Å². The molecule has 0 bridgehead atoms. The molecule has 1 saturated heterocycles. The zero-order chi connectivity index (χ0) is 14.6. The first-order valence-corrected chi connectivity index (χ1v) is 5.61. The molecule has 0 aromatic carbocycles. The van der Waals surface area contributed by atoms with Crippen LogP contribution in [0.4, 0.5) is 18.0 Å². The van der Waals surface area contributed by atoms with Crippen molar-refractivity contribution in [1.82, 2.24) is 4.90 Å². The number of aliphatic carboxylic acids is 1. The molecule has 1 aliphatic heterocycles. The van der Waals surface area contributed by atoms with E-state index in [1.807, 2.05) is 0 Å². The van der Waals surface area contributed by atoms with E-state index in [1.54, 1.807) is 0 Å². The number of hydrogen-bond acceptors (Lipinski definition) is 3. The largest absolute Gasteiger partial charge is 0.480 e. The number of rotatable bonds is 3. The van der Waals surface area contributed by atoms with E-state index < -0.39 is 36.6 Å². The molecule has 0 aromatic rings. The topological polar surface area (TPSA) is 66.8 Å². The molecule has 0 spiro atoms. The molecule has 0 aliphatic carbocycles. The summed E-state index contributed by atoms with van der Waals surface area (Å²) in [6, 6.07) is -1.52. The molecule has 108 valence electrons. The van der Waals surface area contributed by atoms with Crippen molar-refractivity contribution in [1.29, 1.82) is 0 Å². The number of carboxylic acid groups (broad SMARTS) is 1. The number of nitrogens with zero attached hydrogens (tertiary/aromatic N) is 1. The first-order chi connectivity index (χ1) is 8.77. The third-order valence-corrected chi connectivity index (χ3v) is 2.91. The molecule has 5 nitrogen and oxygen atoms in total. The lowest BCUT2D eigenvalue weighted by molar-refractivity contribution is -0.191. The number of likely N-dealkylation sites (tertiary alicyclic amines) is 1. The van der Waals surface area contributed by atoms with Crippen molar-refractivity contribution in [3.63, 3.8) is 0 Å². The lowest BCUT2D eigenvalue weighted by Crippen LogP contribution is -2.52. The Labute approximate surface area is 107 Å². The van der Waals surface area contributed by atoms with Gasteiger partial charge in [0.1, 0.15) is 12.6 Å². The fourth-order valence-corrected chi connectivity index (χ4v) is 1.93. The number of amides is 1. The van der Waals surface area contributed by atoms with Crippen LogP contribution in [0.1, 0.15) is 12.8 Å². The van der Waals surface area contributed by atoms with Gasteiger partial charge >= 0.3 is 18.2 Å². The van der Waals surface area contributed by atoms with Gasteiger partial charge < -0.3 is 9.84 Å². The Morgan fingerprint density at radius 2 is 2.11 bits per heavy atom. The Bertz CT molecular complexity index is 369. The molecule has 1 aliphatic rings. The number of ether oxygens (including phenoxy) is 1. The van der Waals surface area contributed by atoms with Crippen LogP contribution >= 0.6 is 0 Å². The minimum Gasteiger partial charge on any atom is -0.480 e. The highest BCUT2D eigenvalue weighted by molar-refractivity contribution is 5.80. The summed E-state index contributed by atoms with van der Waals surface area (Å²) >= 11 is 0. The second kappa shape index (κ2) is 5.94. The summed E-state index contributed by atoms with van der Waals surface area (Å²) in [6.45, 7) is 2.90. The van der Waals surface area contributed by atoms with E-state index in [-0.39, 0.29) is 19.6 Å². The summed E-state index contributed by atoms with van der Waals surface area (Å²) in [4.78, 5) is 23.3. The molecule has 0 radical (unpaired) electrons. The fourth-order valence-electron chi connectivity index (χ4n) is 1.93. The smallest absolute Gasteiger partial charge is 0.410 e. The molecule has 1 N–H and O–H groups in total. The van der Waals surface area contributed by atoms with Crippen LogP contribution in [0.25, 0.3) is 0 Å². The van der Waals surface area contributed by atoms with Crippen LogP contribution in [0.2, 0.25) is 0 Å². The fraction of sp³-hybridized carbons (Fsp3) is 0.636. The van der Waals surface area contributed by atoms with Crippen molar-refractivity contribution in [3.05, 3.63) is 12.7 Å². The van der Waals surface area contributed by atoms with Crippen molar-refractivity contribution < 1.29 is 32.6 Å². The third kappa shape index (κ3) is 3.87. The standard InChI is InChI=1S/C11H14F3NO4/c1-2-5-19-10(18)15-4-3-7(11(12,13)14)6-8(15)9(16)17/h2,7-8H,1,3-6H2,(H,16,17)/t7-,8-/m0/s1. The monoisotopic (exact) mass is 281 g/mol. The Balaban J connectivity index is 2.77. The highest BCUT2D eigenvalue weighted by atomic mass is 19.4. The van der Waals surface area contributed by atoms with Gasteiger partial charge in [0, 0.05) is 6.54 Å². The average Bonchev–Trinajstić information content (AvgIpc) is 2.34. The zero-order valence-electron chi connectivity index (χ0n) is 10.0. The summed E-state index contributed by atoms with van der Waals surface area (Å²) in [5.41, 5.74) is 0.